The van der Waals surface area contributed by atoms with Gasteiger partial charge in [-0.3, -0.25) is 0 Å². The number of aliphatic hydroxyl groups excluding tert-OH is 1. The topological polar surface area (TPSA) is 20.2 Å². The van der Waals surface area contributed by atoms with Crippen LogP contribution in [-0.2, 0) is 6.42 Å². The fraction of sp³-hybridized carbons (Fsp3) is 0.556. The maximum Gasteiger partial charge on any atom is 0.0603 e. The SMILES string of the molecule is CC(C)C(O)Cc1ccsc1. The first-order valence-corrected chi connectivity index (χ1v) is 4.83. The molecule has 0 spiro atoms. The second-order valence-electron chi connectivity index (χ2n) is 3.15. The first-order valence-electron chi connectivity index (χ1n) is 3.89. The molecule has 1 N–H and O–H groups in total. The van der Waals surface area contributed by atoms with Crippen molar-refractivity contribution in [3.05, 3.63) is 22.4 Å². The van der Waals surface area contributed by atoms with E-state index < -0.39 is 0 Å². The van der Waals surface area contributed by atoms with Crippen molar-refractivity contribution in [2.75, 3.05) is 0 Å². The van der Waals surface area contributed by atoms with E-state index in [2.05, 4.69) is 11.4 Å². The molecular formula is C9H14OS. The van der Waals surface area contributed by atoms with Crippen molar-refractivity contribution in [1.82, 2.24) is 0 Å². The molecule has 0 aliphatic rings. The predicted molar refractivity (Wildman–Crippen MR) is 48.9 cm³/mol. The maximum atomic E-state index is 9.50. The molecule has 0 saturated heterocycles. The highest BCUT2D eigenvalue weighted by molar-refractivity contribution is 7.07. The lowest BCUT2D eigenvalue weighted by atomic mass is 10.0. The third-order valence-corrected chi connectivity index (χ3v) is 2.53. The number of thiophene rings is 1. The van der Waals surface area contributed by atoms with Crippen LogP contribution in [0.5, 0.6) is 0 Å². The fourth-order valence-electron chi connectivity index (χ4n) is 0.886. The Balaban J connectivity index is 2.43. The number of aliphatic hydroxyl groups is 1. The molecule has 0 radical (unpaired) electrons. The van der Waals surface area contributed by atoms with Crippen LogP contribution in [0.1, 0.15) is 19.4 Å². The Labute approximate surface area is 71.7 Å². The van der Waals surface area contributed by atoms with Crippen molar-refractivity contribution in [3.8, 4) is 0 Å². The first-order chi connectivity index (χ1) is 5.20. The maximum absolute atomic E-state index is 9.50. The molecule has 11 heavy (non-hydrogen) atoms. The summed E-state index contributed by atoms with van der Waals surface area (Å²) in [5.41, 5.74) is 1.25. The average Bonchev–Trinajstić information content (AvgIpc) is 2.39. The monoisotopic (exact) mass is 170 g/mol. The van der Waals surface area contributed by atoms with E-state index in [0.717, 1.165) is 6.42 Å². The molecule has 0 saturated carbocycles. The Kier molecular flexibility index (Phi) is 3.09. The number of rotatable bonds is 3. The van der Waals surface area contributed by atoms with Gasteiger partial charge in [0.2, 0.25) is 0 Å². The minimum absolute atomic E-state index is 0.190. The fourth-order valence-corrected chi connectivity index (χ4v) is 1.57. The molecule has 0 aromatic carbocycles. The van der Waals surface area contributed by atoms with E-state index in [4.69, 9.17) is 0 Å². The molecule has 1 rings (SSSR count). The highest BCUT2D eigenvalue weighted by Crippen LogP contribution is 2.12. The second kappa shape index (κ2) is 3.88. The van der Waals surface area contributed by atoms with Gasteiger partial charge >= 0.3 is 0 Å². The number of hydrogen-bond acceptors (Lipinski definition) is 2. The molecular weight excluding hydrogens is 156 g/mol. The lowest BCUT2D eigenvalue weighted by molar-refractivity contribution is 0.126. The Hall–Kier alpha value is -0.340. The minimum atomic E-state index is -0.190. The molecule has 0 aliphatic heterocycles. The molecule has 0 bridgehead atoms. The standard InChI is InChI=1S/C9H14OS/c1-7(2)9(10)5-8-3-4-11-6-8/h3-4,6-7,9-10H,5H2,1-2H3. The Morgan fingerprint density at radius 2 is 2.27 bits per heavy atom. The summed E-state index contributed by atoms with van der Waals surface area (Å²) in [5, 5.41) is 13.6. The van der Waals surface area contributed by atoms with E-state index in [0.29, 0.717) is 5.92 Å². The lowest BCUT2D eigenvalue weighted by Crippen LogP contribution is -2.16. The van der Waals surface area contributed by atoms with Gasteiger partial charge in [0.15, 0.2) is 0 Å². The van der Waals surface area contributed by atoms with Gasteiger partial charge < -0.3 is 5.11 Å². The molecule has 0 aliphatic carbocycles. The summed E-state index contributed by atoms with van der Waals surface area (Å²) in [6.45, 7) is 4.08. The van der Waals surface area contributed by atoms with Crippen LogP contribution in [0.4, 0.5) is 0 Å². The van der Waals surface area contributed by atoms with Crippen molar-refractivity contribution in [1.29, 1.82) is 0 Å². The van der Waals surface area contributed by atoms with Crippen molar-refractivity contribution < 1.29 is 5.11 Å². The summed E-state index contributed by atoms with van der Waals surface area (Å²) < 4.78 is 0. The normalized spacial score (nSPS) is 13.8. The summed E-state index contributed by atoms with van der Waals surface area (Å²) in [7, 11) is 0. The van der Waals surface area contributed by atoms with Crippen LogP contribution in [0.2, 0.25) is 0 Å². The van der Waals surface area contributed by atoms with E-state index in [9.17, 15) is 5.11 Å². The molecule has 62 valence electrons. The van der Waals surface area contributed by atoms with E-state index in [-0.39, 0.29) is 6.10 Å². The van der Waals surface area contributed by atoms with E-state index >= 15 is 0 Å². The van der Waals surface area contributed by atoms with Crippen LogP contribution in [0.25, 0.3) is 0 Å². The molecule has 1 atom stereocenters. The zero-order chi connectivity index (χ0) is 8.27. The zero-order valence-electron chi connectivity index (χ0n) is 6.95. The Morgan fingerprint density at radius 3 is 2.73 bits per heavy atom. The van der Waals surface area contributed by atoms with E-state index in [1.165, 1.54) is 5.56 Å². The molecule has 2 heteroatoms. The predicted octanol–water partition coefficient (Wildman–Crippen LogP) is 2.31. The van der Waals surface area contributed by atoms with Crippen molar-refractivity contribution >= 4 is 11.3 Å². The summed E-state index contributed by atoms with van der Waals surface area (Å²) >= 11 is 1.68. The molecule has 1 unspecified atom stereocenters. The quantitative estimate of drug-likeness (QED) is 0.738. The third-order valence-electron chi connectivity index (χ3n) is 1.79. The van der Waals surface area contributed by atoms with Gasteiger partial charge in [-0.05, 0) is 34.7 Å². The van der Waals surface area contributed by atoms with Gasteiger partial charge in [-0.1, -0.05) is 13.8 Å². The van der Waals surface area contributed by atoms with Gasteiger partial charge in [0.25, 0.3) is 0 Å². The van der Waals surface area contributed by atoms with Gasteiger partial charge in [0.05, 0.1) is 6.10 Å². The number of hydrogen-bond donors (Lipinski definition) is 1. The summed E-state index contributed by atoms with van der Waals surface area (Å²) in [6.07, 6.45) is 0.603. The van der Waals surface area contributed by atoms with Gasteiger partial charge in [0.1, 0.15) is 0 Å². The van der Waals surface area contributed by atoms with E-state index in [1.54, 1.807) is 11.3 Å². The summed E-state index contributed by atoms with van der Waals surface area (Å²) in [4.78, 5) is 0. The summed E-state index contributed by atoms with van der Waals surface area (Å²) in [5.74, 6) is 0.356. The van der Waals surface area contributed by atoms with Gasteiger partial charge in [-0.15, -0.1) is 0 Å². The van der Waals surface area contributed by atoms with Crippen LogP contribution in [0, 0.1) is 5.92 Å². The Bertz CT molecular complexity index is 191. The molecule has 1 nitrogen and oxygen atoms in total. The average molecular weight is 170 g/mol. The highest BCUT2D eigenvalue weighted by atomic mass is 32.1. The first kappa shape index (κ1) is 8.75. The smallest absolute Gasteiger partial charge is 0.0603 e. The van der Waals surface area contributed by atoms with Gasteiger partial charge in [-0.2, -0.15) is 11.3 Å². The largest absolute Gasteiger partial charge is 0.393 e. The van der Waals surface area contributed by atoms with Crippen LogP contribution in [-0.4, -0.2) is 11.2 Å². The van der Waals surface area contributed by atoms with E-state index in [1.807, 2.05) is 19.2 Å². The van der Waals surface area contributed by atoms with Gasteiger partial charge in [-0.25, -0.2) is 0 Å². The Morgan fingerprint density at radius 1 is 1.55 bits per heavy atom. The van der Waals surface area contributed by atoms with Crippen molar-refractivity contribution in [2.24, 2.45) is 5.92 Å². The van der Waals surface area contributed by atoms with Crippen LogP contribution in [0.3, 0.4) is 0 Å². The summed E-state index contributed by atoms with van der Waals surface area (Å²) in [6, 6.07) is 2.07. The van der Waals surface area contributed by atoms with Crippen LogP contribution < -0.4 is 0 Å². The molecule has 0 fully saturated rings. The third kappa shape index (κ3) is 2.64. The van der Waals surface area contributed by atoms with Crippen molar-refractivity contribution in [3.63, 3.8) is 0 Å². The van der Waals surface area contributed by atoms with Crippen LogP contribution in [0.15, 0.2) is 16.8 Å². The molecule has 1 aromatic rings. The zero-order valence-corrected chi connectivity index (χ0v) is 7.77. The minimum Gasteiger partial charge on any atom is -0.393 e. The molecule has 1 aromatic heterocycles. The van der Waals surface area contributed by atoms with Gasteiger partial charge in [0, 0.05) is 0 Å². The van der Waals surface area contributed by atoms with Crippen LogP contribution >= 0.6 is 11.3 Å². The molecule has 0 amide bonds. The highest BCUT2D eigenvalue weighted by Gasteiger charge is 2.09. The lowest BCUT2D eigenvalue weighted by Gasteiger charge is -2.12. The second-order valence-corrected chi connectivity index (χ2v) is 3.93. The molecule has 1 heterocycles. The van der Waals surface area contributed by atoms with Crippen molar-refractivity contribution in [2.45, 2.75) is 26.4 Å².